The quantitative estimate of drug-likeness (QED) is 0.884. The van der Waals surface area contributed by atoms with Gasteiger partial charge >= 0.3 is 0 Å². The van der Waals surface area contributed by atoms with Gasteiger partial charge in [0.1, 0.15) is 0 Å². The van der Waals surface area contributed by atoms with E-state index in [4.69, 9.17) is 5.73 Å². The molecule has 2 heteroatoms. The van der Waals surface area contributed by atoms with Crippen molar-refractivity contribution in [2.24, 2.45) is 11.7 Å². The molecule has 2 N–H and O–H groups in total. The monoisotopic (exact) mass is 246 g/mol. The molecule has 18 heavy (non-hydrogen) atoms. The van der Waals surface area contributed by atoms with E-state index in [1.165, 1.54) is 50.0 Å². The number of hydrogen-bond donors (Lipinski definition) is 1. The lowest BCUT2D eigenvalue weighted by molar-refractivity contribution is 0.459. The van der Waals surface area contributed by atoms with Crippen molar-refractivity contribution in [3.63, 3.8) is 0 Å². The largest absolute Gasteiger partial charge is 0.372 e. The van der Waals surface area contributed by atoms with Crippen molar-refractivity contribution in [3.05, 3.63) is 29.8 Å². The summed E-state index contributed by atoms with van der Waals surface area (Å²) in [5, 5.41) is 0. The second-order valence-corrected chi connectivity index (χ2v) is 5.40. The third-order valence-electron chi connectivity index (χ3n) is 4.16. The Hall–Kier alpha value is -1.02. The first kappa shape index (κ1) is 13.4. The third-order valence-corrected chi connectivity index (χ3v) is 4.16. The van der Waals surface area contributed by atoms with E-state index in [2.05, 4.69) is 36.1 Å². The molecule has 1 aromatic rings. The normalized spacial score (nSPS) is 20.8. The van der Waals surface area contributed by atoms with Gasteiger partial charge < -0.3 is 10.6 Å². The van der Waals surface area contributed by atoms with Crippen molar-refractivity contribution < 1.29 is 0 Å². The second kappa shape index (κ2) is 6.79. The van der Waals surface area contributed by atoms with Gasteiger partial charge in [0.2, 0.25) is 0 Å². The molecule has 2 nitrogen and oxygen atoms in total. The predicted molar refractivity (Wildman–Crippen MR) is 79.0 cm³/mol. The zero-order valence-corrected chi connectivity index (χ0v) is 11.6. The number of nitrogens with zero attached hydrogens (tertiary/aromatic N) is 1. The summed E-state index contributed by atoms with van der Waals surface area (Å²) in [6.07, 6.45) is 6.41. The van der Waals surface area contributed by atoms with E-state index in [1.807, 2.05) is 0 Å². The summed E-state index contributed by atoms with van der Waals surface area (Å²) >= 11 is 0. The van der Waals surface area contributed by atoms with Gasteiger partial charge in [0.25, 0.3) is 0 Å². The molecule has 0 spiro atoms. The van der Waals surface area contributed by atoms with Crippen LogP contribution < -0.4 is 10.6 Å². The fourth-order valence-electron chi connectivity index (χ4n) is 2.87. The number of rotatable bonds is 4. The lowest BCUT2D eigenvalue weighted by Gasteiger charge is -2.23. The second-order valence-electron chi connectivity index (χ2n) is 5.40. The van der Waals surface area contributed by atoms with Crippen LogP contribution in [0, 0.1) is 5.92 Å². The first-order chi connectivity index (χ1) is 8.83. The van der Waals surface area contributed by atoms with Crippen LogP contribution in [0.15, 0.2) is 24.3 Å². The Labute approximate surface area is 111 Å². The average molecular weight is 246 g/mol. The number of hydrogen-bond acceptors (Lipinski definition) is 2. The zero-order chi connectivity index (χ0) is 12.8. The van der Waals surface area contributed by atoms with Gasteiger partial charge in [0.15, 0.2) is 0 Å². The van der Waals surface area contributed by atoms with E-state index in [0.717, 1.165) is 18.9 Å². The van der Waals surface area contributed by atoms with Crippen molar-refractivity contribution in [3.8, 4) is 0 Å². The first-order valence-electron chi connectivity index (χ1n) is 7.37. The Morgan fingerprint density at radius 2 is 1.94 bits per heavy atom. The fraction of sp³-hybridized carbons (Fsp3) is 0.625. The highest BCUT2D eigenvalue weighted by Gasteiger charge is 2.15. The molecule has 1 aliphatic rings. The molecule has 1 atom stereocenters. The number of nitrogens with two attached hydrogens (primary N) is 1. The van der Waals surface area contributed by atoms with Crippen LogP contribution >= 0.6 is 0 Å². The maximum absolute atomic E-state index is 5.58. The minimum absolute atomic E-state index is 0.737. The SMILES string of the molecule is CCC1CCCN(c2ccc(CCN)cc2)CC1. The van der Waals surface area contributed by atoms with Gasteiger partial charge in [-0.2, -0.15) is 0 Å². The molecule has 1 saturated heterocycles. The third kappa shape index (κ3) is 3.49. The van der Waals surface area contributed by atoms with Crippen molar-refractivity contribution in [1.29, 1.82) is 0 Å². The number of benzene rings is 1. The molecule has 0 aromatic heterocycles. The Kier molecular flexibility index (Phi) is 5.06. The Balaban J connectivity index is 1.98. The van der Waals surface area contributed by atoms with Crippen molar-refractivity contribution in [2.75, 3.05) is 24.5 Å². The summed E-state index contributed by atoms with van der Waals surface area (Å²) in [6.45, 7) is 5.49. The van der Waals surface area contributed by atoms with Crippen LogP contribution in [0.4, 0.5) is 5.69 Å². The van der Waals surface area contributed by atoms with Crippen LogP contribution in [0.5, 0.6) is 0 Å². The lowest BCUT2D eigenvalue weighted by Crippen LogP contribution is -2.24. The molecular formula is C16H26N2. The van der Waals surface area contributed by atoms with E-state index in [9.17, 15) is 0 Å². The molecule has 100 valence electrons. The summed E-state index contributed by atoms with van der Waals surface area (Å²) in [4.78, 5) is 2.54. The highest BCUT2D eigenvalue weighted by atomic mass is 15.1. The zero-order valence-electron chi connectivity index (χ0n) is 11.6. The lowest BCUT2D eigenvalue weighted by atomic mass is 9.98. The van der Waals surface area contributed by atoms with Gasteiger partial charge in [0, 0.05) is 18.8 Å². The van der Waals surface area contributed by atoms with E-state index >= 15 is 0 Å². The molecule has 0 bridgehead atoms. The molecule has 1 aromatic carbocycles. The summed E-state index contributed by atoms with van der Waals surface area (Å²) in [7, 11) is 0. The van der Waals surface area contributed by atoms with E-state index in [1.54, 1.807) is 0 Å². The van der Waals surface area contributed by atoms with Gasteiger partial charge in [-0.25, -0.2) is 0 Å². The topological polar surface area (TPSA) is 29.3 Å². The van der Waals surface area contributed by atoms with Crippen LogP contribution in [0.3, 0.4) is 0 Å². The maximum atomic E-state index is 5.58. The van der Waals surface area contributed by atoms with Gasteiger partial charge in [-0.3, -0.25) is 0 Å². The van der Waals surface area contributed by atoms with E-state index in [0.29, 0.717) is 0 Å². The molecule has 1 fully saturated rings. The molecule has 1 unspecified atom stereocenters. The first-order valence-corrected chi connectivity index (χ1v) is 7.37. The highest BCUT2D eigenvalue weighted by Crippen LogP contribution is 2.24. The summed E-state index contributed by atoms with van der Waals surface area (Å²) in [5.74, 6) is 0.937. The Bertz CT molecular complexity index is 345. The van der Waals surface area contributed by atoms with Gasteiger partial charge in [-0.1, -0.05) is 25.5 Å². The van der Waals surface area contributed by atoms with E-state index < -0.39 is 0 Å². The van der Waals surface area contributed by atoms with Crippen molar-refractivity contribution in [1.82, 2.24) is 0 Å². The maximum Gasteiger partial charge on any atom is 0.0366 e. The van der Waals surface area contributed by atoms with Crippen LogP contribution in [-0.4, -0.2) is 19.6 Å². The van der Waals surface area contributed by atoms with Crippen molar-refractivity contribution in [2.45, 2.75) is 39.0 Å². The van der Waals surface area contributed by atoms with E-state index in [-0.39, 0.29) is 0 Å². The predicted octanol–water partition coefficient (Wildman–Crippen LogP) is 3.20. The van der Waals surface area contributed by atoms with Gasteiger partial charge in [-0.05, 0) is 55.8 Å². The minimum Gasteiger partial charge on any atom is -0.372 e. The van der Waals surface area contributed by atoms with Crippen molar-refractivity contribution >= 4 is 5.69 Å². The molecule has 0 amide bonds. The van der Waals surface area contributed by atoms with Crippen LogP contribution in [0.25, 0.3) is 0 Å². The summed E-state index contributed by atoms with van der Waals surface area (Å²) < 4.78 is 0. The highest BCUT2D eigenvalue weighted by molar-refractivity contribution is 5.47. The fourth-order valence-corrected chi connectivity index (χ4v) is 2.87. The molecule has 0 radical (unpaired) electrons. The van der Waals surface area contributed by atoms with Gasteiger partial charge in [-0.15, -0.1) is 0 Å². The van der Waals surface area contributed by atoms with Crippen LogP contribution in [0.1, 0.15) is 38.2 Å². The average Bonchev–Trinajstić information content (AvgIpc) is 2.65. The Morgan fingerprint density at radius 3 is 2.61 bits per heavy atom. The smallest absolute Gasteiger partial charge is 0.0366 e. The summed E-state index contributed by atoms with van der Waals surface area (Å²) in [6, 6.07) is 8.98. The Morgan fingerprint density at radius 1 is 1.17 bits per heavy atom. The minimum atomic E-state index is 0.737. The van der Waals surface area contributed by atoms with Crippen LogP contribution in [0.2, 0.25) is 0 Å². The number of anilines is 1. The molecule has 1 heterocycles. The molecule has 2 rings (SSSR count). The molecular weight excluding hydrogens is 220 g/mol. The molecule has 0 saturated carbocycles. The standard InChI is InChI=1S/C16H26N2/c1-2-14-4-3-12-18(13-10-14)16-7-5-15(6-8-16)9-11-17/h5-8,14H,2-4,9-13,17H2,1H3. The van der Waals surface area contributed by atoms with Crippen LogP contribution in [-0.2, 0) is 6.42 Å². The summed E-state index contributed by atoms with van der Waals surface area (Å²) in [5.41, 5.74) is 8.31. The molecule has 0 aliphatic carbocycles. The van der Waals surface area contributed by atoms with Gasteiger partial charge in [0.05, 0.1) is 0 Å². The molecule has 1 aliphatic heterocycles.